The van der Waals surface area contributed by atoms with E-state index in [1.807, 2.05) is 0 Å². The summed E-state index contributed by atoms with van der Waals surface area (Å²) in [7, 11) is 0. The van der Waals surface area contributed by atoms with Gasteiger partial charge in [0.05, 0.1) is 19.1 Å². The van der Waals surface area contributed by atoms with Gasteiger partial charge in [-0.1, -0.05) is 0 Å². The molecule has 0 N–H and O–H groups in total. The third kappa shape index (κ3) is 2.98. The van der Waals surface area contributed by atoms with Gasteiger partial charge in [-0.2, -0.15) is 11.3 Å². The van der Waals surface area contributed by atoms with E-state index in [2.05, 4.69) is 33.2 Å². The Labute approximate surface area is 138 Å². The normalized spacial score (nSPS) is 20.6. The fraction of sp³-hybridized carbons (Fsp3) is 0.471. The summed E-state index contributed by atoms with van der Waals surface area (Å²) < 4.78 is 5.88. The van der Waals surface area contributed by atoms with E-state index in [-0.39, 0.29) is 12.0 Å². The van der Waals surface area contributed by atoms with Gasteiger partial charge in [0.15, 0.2) is 0 Å². The van der Waals surface area contributed by atoms with Crippen LogP contribution in [0.5, 0.6) is 0 Å². The molecule has 1 amide bonds. The molecule has 2 aromatic heterocycles. The highest BCUT2D eigenvalue weighted by Gasteiger charge is 2.34. The zero-order chi connectivity index (χ0) is 14.9. The first kappa shape index (κ1) is 14.4. The van der Waals surface area contributed by atoms with Gasteiger partial charge in [-0.3, -0.25) is 4.79 Å². The number of carbonyl (C=O) groups excluding carboxylic acids is 1. The lowest BCUT2D eigenvalue weighted by molar-refractivity contribution is -0.135. The number of nitrogens with zero attached hydrogens (tertiary/aromatic N) is 1. The van der Waals surface area contributed by atoms with Crippen molar-refractivity contribution in [1.29, 1.82) is 0 Å². The van der Waals surface area contributed by atoms with E-state index in [9.17, 15) is 4.79 Å². The molecule has 0 unspecified atom stereocenters. The van der Waals surface area contributed by atoms with Crippen molar-refractivity contribution in [3.63, 3.8) is 0 Å². The second-order valence-corrected chi connectivity index (χ2v) is 7.78. The lowest BCUT2D eigenvalue weighted by atomic mass is 10.0. The number of fused-ring (bicyclic) bond motifs is 1. The predicted molar refractivity (Wildman–Crippen MR) is 89.2 cm³/mol. The van der Waals surface area contributed by atoms with Crippen LogP contribution in [0.4, 0.5) is 0 Å². The summed E-state index contributed by atoms with van der Waals surface area (Å²) in [4.78, 5) is 16.3. The van der Waals surface area contributed by atoms with E-state index in [0.717, 1.165) is 32.4 Å². The first-order valence-electron chi connectivity index (χ1n) is 7.79. The number of carbonyl (C=O) groups is 1. The molecule has 116 valence electrons. The Bertz CT molecular complexity index is 645. The fourth-order valence-corrected chi connectivity index (χ4v) is 4.63. The van der Waals surface area contributed by atoms with Crippen molar-refractivity contribution in [3.05, 3.63) is 44.3 Å². The van der Waals surface area contributed by atoms with E-state index in [4.69, 9.17) is 4.74 Å². The molecule has 1 saturated carbocycles. The van der Waals surface area contributed by atoms with Crippen LogP contribution >= 0.6 is 22.7 Å². The van der Waals surface area contributed by atoms with Gasteiger partial charge >= 0.3 is 0 Å². The van der Waals surface area contributed by atoms with E-state index in [1.165, 1.54) is 16.0 Å². The summed E-state index contributed by atoms with van der Waals surface area (Å²) in [6, 6.07) is 4.68. The van der Waals surface area contributed by atoms with E-state index in [1.54, 1.807) is 22.7 Å². The highest BCUT2D eigenvalue weighted by atomic mass is 32.1. The quantitative estimate of drug-likeness (QED) is 0.827. The second kappa shape index (κ2) is 6.14. The van der Waals surface area contributed by atoms with Crippen LogP contribution in [-0.2, 0) is 22.5 Å². The summed E-state index contributed by atoms with van der Waals surface area (Å²) >= 11 is 3.48. The third-order valence-electron chi connectivity index (χ3n) is 4.38. The summed E-state index contributed by atoms with van der Waals surface area (Å²) in [5.74, 6) is 0.234. The van der Waals surface area contributed by atoms with E-state index >= 15 is 0 Å². The number of hydrogen-bond acceptors (Lipinski definition) is 4. The van der Waals surface area contributed by atoms with Gasteiger partial charge in [-0.25, -0.2) is 0 Å². The summed E-state index contributed by atoms with van der Waals surface area (Å²) in [6.07, 6.45) is 3.70. The first-order valence-corrected chi connectivity index (χ1v) is 9.62. The van der Waals surface area contributed by atoms with Gasteiger partial charge in [0.25, 0.3) is 0 Å². The first-order chi connectivity index (χ1) is 10.8. The number of amides is 1. The molecule has 0 saturated heterocycles. The van der Waals surface area contributed by atoms with Gasteiger partial charge in [-0.05, 0) is 52.2 Å². The minimum Gasteiger partial charge on any atom is -0.373 e. The van der Waals surface area contributed by atoms with Crippen molar-refractivity contribution in [2.45, 2.75) is 44.4 Å². The zero-order valence-electron chi connectivity index (χ0n) is 12.4. The highest BCUT2D eigenvalue weighted by molar-refractivity contribution is 7.10. The van der Waals surface area contributed by atoms with Crippen LogP contribution in [0.1, 0.15) is 41.4 Å². The Balaban J connectivity index is 1.46. The molecule has 22 heavy (non-hydrogen) atoms. The van der Waals surface area contributed by atoms with Crippen LogP contribution in [0.3, 0.4) is 0 Å². The van der Waals surface area contributed by atoms with Crippen LogP contribution in [0, 0.1) is 0 Å². The van der Waals surface area contributed by atoms with Crippen LogP contribution in [-0.4, -0.2) is 23.5 Å². The van der Waals surface area contributed by atoms with E-state index < -0.39 is 0 Å². The van der Waals surface area contributed by atoms with Crippen LogP contribution in [0.15, 0.2) is 28.3 Å². The standard InChI is InChI=1S/C17H19NO2S2/c19-17(9-15-14-5-8-22-16(14)3-6-20-15)18(13-1-2-13)10-12-4-7-21-11-12/h4-5,7-8,11,13,15H,1-3,6,9-10H2/t15-/m0/s1. The van der Waals surface area contributed by atoms with Crippen molar-refractivity contribution < 1.29 is 9.53 Å². The second-order valence-electron chi connectivity index (χ2n) is 6.00. The Morgan fingerprint density at radius 3 is 3.00 bits per heavy atom. The fourth-order valence-electron chi connectivity index (χ4n) is 3.06. The largest absolute Gasteiger partial charge is 0.373 e. The monoisotopic (exact) mass is 333 g/mol. The Hall–Kier alpha value is -1.17. The van der Waals surface area contributed by atoms with Crippen LogP contribution < -0.4 is 0 Å². The number of hydrogen-bond donors (Lipinski definition) is 0. The van der Waals surface area contributed by atoms with Crippen LogP contribution in [0.25, 0.3) is 0 Å². The molecule has 3 nitrogen and oxygen atoms in total. The zero-order valence-corrected chi connectivity index (χ0v) is 14.0. The minimum absolute atomic E-state index is 0.0498. The maximum atomic E-state index is 12.8. The molecule has 3 heterocycles. The molecule has 4 rings (SSSR count). The minimum atomic E-state index is -0.0498. The average molecular weight is 333 g/mol. The Morgan fingerprint density at radius 2 is 2.23 bits per heavy atom. The SMILES string of the molecule is O=C(C[C@@H]1OCCc2sccc21)N(Cc1ccsc1)C1CC1. The molecule has 1 aliphatic heterocycles. The molecule has 1 fully saturated rings. The number of rotatable bonds is 5. The van der Waals surface area contributed by atoms with Crippen molar-refractivity contribution in [2.75, 3.05) is 6.61 Å². The van der Waals surface area contributed by atoms with Gasteiger partial charge < -0.3 is 9.64 Å². The Kier molecular flexibility index (Phi) is 4.03. The maximum absolute atomic E-state index is 12.8. The van der Waals surface area contributed by atoms with Gasteiger partial charge in [0.2, 0.25) is 5.91 Å². The topological polar surface area (TPSA) is 29.5 Å². The number of ether oxygens (including phenoxy) is 1. The lowest BCUT2D eigenvalue weighted by Crippen LogP contribution is -2.34. The van der Waals surface area contributed by atoms with Gasteiger partial charge in [0, 0.05) is 23.9 Å². The molecule has 2 aliphatic rings. The smallest absolute Gasteiger partial charge is 0.226 e. The van der Waals surface area contributed by atoms with Gasteiger partial charge in [0.1, 0.15) is 0 Å². The van der Waals surface area contributed by atoms with Crippen molar-refractivity contribution in [2.24, 2.45) is 0 Å². The van der Waals surface area contributed by atoms with Crippen molar-refractivity contribution >= 4 is 28.6 Å². The molecule has 2 aromatic rings. The van der Waals surface area contributed by atoms with Gasteiger partial charge in [-0.15, -0.1) is 11.3 Å². The Morgan fingerprint density at radius 1 is 1.32 bits per heavy atom. The molecule has 1 atom stereocenters. The van der Waals surface area contributed by atoms with Crippen LogP contribution in [0.2, 0.25) is 0 Å². The van der Waals surface area contributed by atoms with Crippen molar-refractivity contribution in [3.8, 4) is 0 Å². The third-order valence-corrected chi connectivity index (χ3v) is 6.10. The van der Waals surface area contributed by atoms with E-state index in [0.29, 0.717) is 12.5 Å². The molecular weight excluding hydrogens is 314 g/mol. The molecular formula is C17H19NO2S2. The molecule has 0 aromatic carbocycles. The molecule has 0 spiro atoms. The predicted octanol–water partition coefficient (Wildman–Crippen LogP) is 4.00. The van der Waals surface area contributed by atoms with Crippen molar-refractivity contribution in [1.82, 2.24) is 4.90 Å². The summed E-state index contributed by atoms with van der Waals surface area (Å²) in [5, 5.41) is 6.32. The average Bonchev–Trinajstić information content (AvgIpc) is 3.02. The molecule has 5 heteroatoms. The summed E-state index contributed by atoms with van der Waals surface area (Å²) in [5.41, 5.74) is 2.47. The highest BCUT2D eigenvalue weighted by Crippen LogP contribution is 2.35. The maximum Gasteiger partial charge on any atom is 0.226 e. The summed E-state index contributed by atoms with van der Waals surface area (Å²) in [6.45, 7) is 1.48. The lowest BCUT2D eigenvalue weighted by Gasteiger charge is -2.27. The molecule has 0 radical (unpaired) electrons. The molecule has 1 aliphatic carbocycles. The number of thiophene rings is 2. The molecule has 0 bridgehead atoms.